The molecule has 0 unspecified atom stereocenters. The van der Waals surface area contributed by atoms with Crippen LogP contribution in [-0.2, 0) is 0 Å². The van der Waals surface area contributed by atoms with Gasteiger partial charge in [-0.05, 0) is 48.9 Å². The van der Waals surface area contributed by atoms with Gasteiger partial charge in [0.25, 0.3) is 0 Å². The Bertz CT molecular complexity index is 1600. The van der Waals surface area contributed by atoms with Gasteiger partial charge in [-0.15, -0.1) is 0 Å². The van der Waals surface area contributed by atoms with Gasteiger partial charge < -0.3 is 4.98 Å². The summed E-state index contributed by atoms with van der Waals surface area (Å²) in [5.41, 5.74) is 6.01. The number of hydrogen-bond donors (Lipinski definition) is 2. The summed E-state index contributed by atoms with van der Waals surface area (Å²) in [4.78, 5) is 20.8. The van der Waals surface area contributed by atoms with E-state index in [4.69, 9.17) is 0 Å². The molecule has 0 spiro atoms. The number of nitrogens with one attached hydrogen (secondary N) is 2. The van der Waals surface area contributed by atoms with E-state index < -0.39 is 0 Å². The molecule has 6 aromatic rings. The van der Waals surface area contributed by atoms with Crippen LogP contribution >= 0.6 is 0 Å². The summed E-state index contributed by atoms with van der Waals surface area (Å²) in [6.45, 7) is 1.93. The maximum absolute atomic E-state index is 15.8. The Hall–Kier alpha value is -4.46. The molecule has 2 N–H and O–H groups in total. The van der Waals surface area contributed by atoms with Crippen molar-refractivity contribution in [2.75, 3.05) is 0 Å². The fourth-order valence-electron chi connectivity index (χ4n) is 3.96. The van der Waals surface area contributed by atoms with Crippen LogP contribution in [-0.4, -0.2) is 35.1 Å². The second kappa shape index (κ2) is 7.05. The molecule has 0 amide bonds. The number of hydrogen-bond acceptors (Lipinski definition) is 5. The molecule has 0 fully saturated rings. The summed E-state index contributed by atoms with van der Waals surface area (Å²) in [5, 5.41) is 7.64. The topological polar surface area (TPSA) is 96.0 Å². The van der Waals surface area contributed by atoms with Crippen LogP contribution in [0.4, 0.5) is 4.39 Å². The first-order chi connectivity index (χ1) is 15.7. The van der Waals surface area contributed by atoms with Crippen LogP contribution in [0, 0.1) is 12.7 Å². The first kappa shape index (κ1) is 18.3. The number of nitrogens with zero attached hydrogens (tertiary/aromatic N) is 5. The van der Waals surface area contributed by atoms with Crippen molar-refractivity contribution >= 4 is 22.1 Å². The lowest BCUT2D eigenvalue weighted by Gasteiger charge is -2.07. The van der Waals surface area contributed by atoms with Gasteiger partial charge in [0, 0.05) is 41.5 Å². The minimum Gasteiger partial charge on any atom is -0.335 e. The highest BCUT2D eigenvalue weighted by Crippen LogP contribution is 2.35. The summed E-state index contributed by atoms with van der Waals surface area (Å²) in [7, 11) is 0. The number of aromatic amines is 2. The molecule has 0 aliphatic carbocycles. The third-order valence-electron chi connectivity index (χ3n) is 5.55. The molecule has 0 radical (unpaired) electrons. The van der Waals surface area contributed by atoms with Crippen molar-refractivity contribution in [3.8, 4) is 33.9 Å². The number of imidazole rings is 1. The zero-order chi connectivity index (χ0) is 21.7. The third-order valence-corrected chi connectivity index (χ3v) is 5.55. The molecule has 0 saturated heterocycles. The van der Waals surface area contributed by atoms with Gasteiger partial charge in [0.2, 0.25) is 0 Å². The fourth-order valence-corrected chi connectivity index (χ4v) is 3.96. The molecule has 1 aromatic carbocycles. The van der Waals surface area contributed by atoms with Gasteiger partial charge in [-0.3, -0.25) is 15.1 Å². The van der Waals surface area contributed by atoms with Crippen LogP contribution in [0.15, 0.2) is 67.3 Å². The summed E-state index contributed by atoms with van der Waals surface area (Å²) in [6.07, 6.45) is 6.78. The molecule has 5 heterocycles. The number of H-pyrrole nitrogens is 2. The van der Waals surface area contributed by atoms with Crippen LogP contribution in [0.5, 0.6) is 0 Å². The molecule has 0 aliphatic rings. The second-order valence-corrected chi connectivity index (χ2v) is 7.47. The van der Waals surface area contributed by atoms with Gasteiger partial charge in [-0.25, -0.2) is 14.4 Å². The highest BCUT2D eigenvalue weighted by molar-refractivity contribution is 5.97. The largest absolute Gasteiger partial charge is 0.335 e. The van der Waals surface area contributed by atoms with Gasteiger partial charge in [-0.2, -0.15) is 5.10 Å². The number of aryl methyl sites for hydroxylation is 1. The molecular weight excluding hydrogens is 405 g/mol. The van der Waals surface area contributed by atoms with Crippen LogP contribution in [0.25, 0.3) is 56.0 Å². The van der Waals surface area contributed by atoms with E-state index >= 15 is 4.39 Å². The van der Waals surface area contributed by atoms with E-state index in [0.717, 1.165) is 27.9 Å². The van der Waals surface area contributed by atoms with Crippen molar-refractivity contribution in [1.82, 2.24) is 35.1 Å². The number of pyridine rings is 3. The van der Waals surface area contributed by atoms with E-state index in [1.54, 1.807) is 30.9 Å². The summed E-state index contributed by atoms with van der Waals surface area (Å²) in [5.74, 6) is 0.0572. The van der Waals surface area contributed by atoms with Gasteiger partial charge in [0.1, 0.15) is 11.5 Å². The third kappa shape index (κ3) is 2.77. The lowest BCUT2D eigenvalue weighted by Crippen LogP contribution is -1.91. The van der Waals surface area contributed by atoms with Gasteiger partial charge in [0.15, 0.2) is 11.5 Å². The Morgan fingerprint density at radius 1 is 0.875 bits per heavy atom. The smallest absolute Gasteiger partial charge is 0.178 e. The van der Waals surface area contributed by atoms with Crippen molar-refractivity contribution in [3.63, 3.8) is 0 Å². The molecule has 154 valence electrons. The van der Waals surface area contributed by atoms with Crippen molar-refractivity contribution in [3.05, 3.63) is 78.6 Å². The minimum absolute atomic E-state index is 0.365. The monoisotopic (exact) mass is 421 g/mol. The van der Waals surface area contributed by atoms with Gasteiger partial charge in [-0.1, -0.05) is 6.07 Å². The molecular formula is C24H16FN7. The van der Waals surface area contributed by atoms with Gasteiger partial charge >= 0.3 is 0 Å². The number of aromatic nitrogens is 7. The van der Waals surface area contributed by atoms with E-state index in [9.17, 15) is 0 Å². The molecule has 8 heteroatoms. The molecule has 0 atom stereocenters. The Labute approximate surface area is 181 Å². The molecule has 32 heavy (non-hydrogen) atoms. The van der Waals surface area contributed by atoms with E-state index in [-0.39, 0.29) is 5.82 Å². The van der Waals surface area contributed by atoms with Crippen molar-refractivity contribution < 1.29 is 4.39 Å². The molecule has 0 bridgehead atoms. The quantitative estimate of drug-likeness (QED) is 0.416. The van der Waals surface area contributed by atoms with Crippen molar-refractivity contribution in [2.24, 2.45) is 0 Å². The summed E-state index contributed by atoms with van der Waals surface area (Å²) < 4.78 is 15.8. The Morgan fingerprint density at radius 2 is 1.81 bits per heavy atom. The van der Waals surface area contributed by atoms with E-state index in [0.29, 0.717) is 33.6 Å². The van der Waals surface area contributed by atoms with Crippen LogP contribution in [0.1, 0.15) is 5.56 Å². The predicted octanol–water partition coefficient (Wildman–Crippen LogP) is 5.07. The SMILES string of the molecule is Cc1ccncc1-c1ccc2[nH]nc(-c3nc4nccc(-c5ccccn5)c4[nH]3)c2c1F. The van der Waals surface area contributed by atoms with Crippen LogP contribution in [0.3, 0.4) is 0 Å². The van der Waals surface area contributed by atoms with Crippen LogP contribution < -0.4 is 0 Å². The zero-order valence-electron chi connectivity index (χ0n) is 17.0. The fraction of sp³-hybridized carbons (Fsp3) is 0.0417. The molecule has 6 rings (SSSR count). The van der Waals surface area contributed by atoms with Crippen LogP contribution in [0.2, 0.25) is 0 Å². The standard InChI is InChI=1S/C24H16FN7/c1-13-7-10-26-12-16(13)14-5-6-18-19(20(14)25)22(32-31-18)24-29-21-15(8-11-28-23(21)30-24)17-4-2-3-9-27-17/h2-12H,1H3,(H,31,32)(H,28,29,30). The summed E-state index contributed by atoms with van der Waals surface area (Å²) in [6, 6.07) is 13.0. The number of rotatable bonds is 3. The minimum atomic E-state index is -0.374. The van der Waals surface area contributed by atoms with E-state index in [2.05, 4.69) is 35.1 Å². The van der Waals surface area contributed by atoms with Gasteiger partial charge in [0.05, 0.1) is 22.1 Å². The number of halogens is 1. The maximum Gasteiger partial charge on any atom is 0.178 e. The molecule has 5 aromatic heterocycles. The van der Waals surface area contributed by atoms with Crippen molar-refractivity contribution in [2.45, 2.75) is 6.92 Å². The molecule has 7 nitrogen and oxygen atoms in total. The Balaban J connectivity index is 1.56. The Morgan fingerprint density at radius 3 is 2.66 bits per heavy atom. The lowest BCUT2D eigenvalue weighted by atomic mass is 10.00. The predicted molar refractivity (Wildman–Crippen MR) is 120 cm³/mol. The van der Waals surface area contributed by atoms with E-state index in [1.165, 1.54) is 0 Å². The lowest BCUT2D eigenvalue weighted by molar-refractivity contribution is 0.643. The highest BCUT2D eigenvalue weighted by atomic mass is 19.1. The number of benzene rings is 1. The average molecular weight is 421 g/mol. The second-order valence-electron chi connectivity index (χ2n) is 7.47. The first-order valence-electron chi connectivity index (χ1n) is 10.0. The normalized spacial score (nSPS) is 11.4. The van der Waals surface area contributed by atoms with E-state index in [1.807, 2.05) is 43.3 Å². The highest BCUT2D eigenvalue weighted by Gasteiger charge is 2.21. The zero-order valence-corrected chi connectivity index (χ0v) is 17.0. The number of fused-ring (bicyclic) bond motifs is 2. The summed E-state index contributed by atoms with van der Waals surface area (Å²) >= 11 is 0. The molecule has 0 aliphatic heterocycles. The van der Waals surface area contributed by atoms with Crippen molar-refractivity contribution in [1.29, 1.82) is 0 Å². The Kier molecular flexibility index (Phi) is 4.04. The molecule has 0 saturated carbocycles. The average Bonchev–Trinajstić information content (AvgIpc) is 3.45. The first-order valence-corrected chi connectivity index (χ1v) is 10.0. The maximum atomic E-state index is 15.8.